The van der Waals surface area contributed by atoms with Gasteiger partial charge < -0.3 is 9.47 Å². The van der Waals surface area contributed by atoms with Gasteiger partial charge >= 0.3 is 0 Å². The fraction of sp³-hybridized carbons (Fsp3) is 0.417. The Hall–Kier alpha value is -1.35. The van der Waals surface area contributed by atoms with Crippen molar-refractivity contribution in [3.05, 3.63) is 29.8 Å². The Kier molecular flexibility index (Phi) is 2.73. The van der Waals surface area contributed by atoms with E-state index in [4.69, 9.17) is 9.47 Å². The summed E-state index contributed by atoms with van der Waals surface area (Å²) in [4.78, 5) is 11.0. The minimum Gasteiger partial charge on any atom is -0.488 e. The Labute approximate surface area is 89.0 Å². The van der Waals surface area contributed by atoms with Crippen LogP contribution in [0.15, 0.2) is 24.3 Å². The molecule has 0 amide bonds. The normalized spacial score (nSPS) is 20.8. The molecule has 15 heavy (non-hydrogen) atoms. The molecule has 0 saturated carbocycles. The van der Waals surface area contributed by atoms with Crippen molar-refractivity contribution in [1.82, 2.24) is 0 Å². The van der Waals surface area contributed by atoms with E-state index in [1.807, 2.05) is 19.1 Å². The van der Waals surface area contributed by atoms with Crippen LogP contribution in [0.25, 0.3) is 0 Å². The topological polar surface area (TPSA) is 38.8 Å². The molecule has 1 fully saturated rings. The van der Waals surface area contributed by atoms with Gasteiger partial charge in [0.25, 0.3) is 0 Å². The summed E-state index contributed by atoms with van der Waals surface area (Å²) in [6, 6.07) is 7.18. The number of epoxide rings is 1. The van der Waals surface area contributed by atoms with Crippen LogP contribution in [-0.2, 0) is 4.74 Å². The Balaban J connectivity index is 1.99. The molecule has 3 heteroatoms. The summed E-state index contributed by atoms with van der Waals surface area (Å²) in [5.74, 6) is 0.850. The number of hydrogen-bond acceptors (Lipinski definition) is 3. The van der Waals surface area contributed by atoms with E-state index in [0.717, 1.165) is 12.4 Å². The number of ether oxygens (including phenoxy) is 2. The second-order valence-corrected chi connectivity index (χ2v) is 3.78. The maximum absolute atomic E-state index is 11.0. The molecule has 1 aliphatic rings. The summed E-state index contributed by atoms with van der Waals surface area (Å²) < 4.78 is 10.8. The van der Waals surface area contributed by atoms with Crippen LogP contribution in [0.1, 0.15) is 24.2 Å². The number of benzene rings is 1. The maximum atomic E-state index is 11.0. The quantitative estimate of drug-likeness (QED) is 0.559. The van der Waals surface area contributed by atoms with E-state index < -0.39 is 0 Å². The minimum absolute atomic E-state index is 0.0696. The van der Waals surface area contributed by atoms with Gasteiger partial charge in [-0.1, -0.05) is 0 Å². The molecule has 0 N–H and O–H groups in total. The molecule has 0 radical (unpaired) electrons. The van der Waals surface area contributed by atoms with Gasteiger partial charge in [-0.3, -0.25) is 4.79 Å². The van der Waals surface area contributed by atoms with E-state index in [9.17, 15) is 4.79 Å². The van der Waals surface area contributed by atoms with Crippen LogP contribution < -0.4 is 4.74 Å². The van der Waals surface area contributed by atoms with E-state index in [1.165, 1.54) is 0 Å². The van der Waals surface area contributed by atoms with Gasteiger partial charge in [-0.25, -0.2) is 0 Å². The average molecular weight is 206 g/mol. The zero-order valence-corrected chi connectivity index (χ0v) is 8.90. The zero-order chi connectivity index (χ0) is 10.8. The van der Waals surface area contributed by atoms with Crippen LogP contribution in [0.4, 0.5) is 0 Å². The summed E-state index contributed by atoms with van der Waals surface area (Å²) in [6.07, 6.45) is 0.311. The molecule has 2 unspecified atom stereocenters. The highest BCUT2D eigenvalue weighted by molar-refractivity contribution is 5.94. The molecule has 80 valence electrons. The third-order valence-corrected chi connectivity index (χ3v) is 2.47. The summed E-state index contributed by atoms with van der Waals surface area (Å²) >= 11 is 0. The number of carbonyl (C=O) groups excluding carboxylic acids is 1. The van der Waals surface area contributed by atoms with Crippen LogP contribution >= 0.6 is 0 Å². The average Bonchev–Trinajstić information content (AvgIpc) is 3.01. The molecule has 0 spiro atoms. The highest BCUT2D eigenvalue weighted by atomic mass is 16.6. The molecule has 1 saturated heterocycles. The van der Waals surface area contributed by atoms with Crippen molar-refractivity contribution in [2.24, 2.45) is 0 Å². The summed E-state index contributed by atoms with van der Waals surface area (Å²) in [5, 5.41) is 0. The Bertz CT molecular complexity index is 352. The largest absolute Gasteiger partial charge is 0.488 e. The third-order valence-electron chi connectivity index (χ3n) is 2.47. The fourth-order valence-corrected chi connectivity index (χ4v) is 1.39. The van der Waals surface area contributed by atoms with Crippen molar-refractivity contribution in [3.63, 3.8) is 0 Å². The molecule has 1 heterocycles. The molecule has 0 aromatic heterocycles. The van der Waals surface area contributed by atoms with E-state index in [1.54, 1.807) is 19.1 Å². The van der Waals surface area contributed by atoms with Gasteiger partial charge in [-0.05, 0) is 38.1 Å². The highest BCUT2D eigenvalue weighted by Gasteiger charge is 2.30. The van der Waals surface area contributed by atoms with Crippen molar-refractivity contribution in [3.8, 4) is 5.75 Å². The smallest absolute Gasteiger partial charge is 0.159 e. The standard InChI is InChI=1S/C12H14O3/c1-8(13)10-3-5-11(6-4-10)15-9(2)12-7-14-12/h3-6,9,12H,7H2,1-2H3. The summed E-state index contributed by atoms with van der Waals surface area (Å²) in [5.41, 5.74) is 0.706. The molecular weight excluding hydrogens is 192 g/mol. The van der Waals surface area contributed by atoms with Crippen LogP contribution in [-0.4, -0.2) is 24.6 Å². The molecule has 1 aliphatic heterocycles. The molecule has 0 aliphatic carbocycles. The molecule has 2 rings (SSSR count). The lowest BCUT2D eigenvalue weighted by Crippen LogP contribution is -2.18. The number of rotatable bonds is 4. The Morgan fingerprint density at radius 1 is 1.47 bits per heavy atom. The summed E-state index contributed by atoms with van der Waals surface area (Å²) in [7, 11) is 0. The van der Waals surface area contributed by atoms with Crippen LogP contribution in [0.5, 0.6) is 5.75 Å². The maximum Gasteiger partial charge on any atom is 0.159 e. The van der Waals surface area contributed by atoms with E-state index in [0.29, 0.717) is 5.56 Å². The molecule has 2 atom stereocenters. The lowest BCUT2D eigenvalue weighted by Gasteiger charge is -2.12. The van der Waals surface area contributed by atoms with Crippen molar-refractivity contribution in [2.45, 2.75) is 26.1 Å². The second kappa shape index (κ2) is 4.03. The second-order valence-electron chi connectivity index (χ2n) is 3.78. The first kappa shape index (κ1) is 10.2. The van der Waals surface area contributed by atoms with Gasteiger partial charge in [0.1, 0.15) is 18.0 Å². The van der Waals surface area contributed by atoms with Gasteiger partial charge in [-0.15, -0.1) is 0 Å². The van der Waals surface area contributed by atoms with Crippen molar-refractivity contribution in [1.29, 1.82) is 0 Å². The Morgan fingerprint density at radius 3 is 2.53 bits per heavy atom. The number of carbonyl (C=O) groups is 1. The van der Waals surface area contributed by atoms with E-state index in [-0.39, 0.29) is 18.0 Å². The number of Topliss-reactive ketones (excluding diaryl/α,β-unsaturated/α-hetero) is 1. The summed E-state index contributed by atoms with van der Waals surface area (Å²) in [6.45, 7) is 4.32. The lowest BCUT2D eigenvalue weighted by molar-refractivity contribution is 0.101. The van der Waals surface area contributed by atoms with Gasteiger partial charge in [0.2, 0.25) is 0 Å². The minimum atomic E-state index is 0.0696. The lowest BCUT2D eigenvalue weighted by atomic mass is 10.1. The van der Waals surface area contributed by atoms with Crippen LogP contribution in [0, 0.1) is 0 Å². The van der Waals surface area contributed by atoms with Crippen LogP contribution in [0.2, 0.25) is 0 Å². The van der Waals surface area contributed by atoms with Gasteiger partial charge in [-0.2, -0.15) is 0 Å². The molecule has 0 bridgehead atoms. The predicted molar refractivity (Wildman–Crippen MR) is 56.3 cm³/mol. The Morgan fingerprint density at radius 2 is 2.07 bits per heavy atom. The van der Waals surface area contributed by atoms with Gasteiger partial charge in [0.15, 0.2) is 5.78 Å². The third kappa shape index (κ3) is 2.57. The van der Waals surface area contributed by atoms with Crippen molar-refractivity contribution in [2.75, 3.05) is 6.61 Å². The molecule has 1 aromatic carbocycles. The number of ketones is 1. The van der Waals surface area contributed by atoms with Crippen molar-refractivity contribution < 1.29 is 14.3 Å². The fourth-order valence-electron chi connectivity index (χ4n) is 1.39. The van der Waals surface area contributed by atoms with Crippen molar-refractivity contribution >= 4 is 5.78 Å². The monoisotopic (exact) mass is 206 g/mol. The van der Waals surface area contributed by atoms with Gasteiger partial charge in [0, 0.05) is 5.56 Å². The van der Waals surface area contributed by atoms with Crippen LogP contribution in [0.3, 0.4) is 0 Å². The first-order chi connectivity index (χ1) is 7.16. The molecular formula is C12H14O3. The highest BCUT2D eigenvalue weighted by Crippen LogP contribution is 2.20. The first-order valence-corrected chi connectivity index (χ1v) is 5.06. The van der Waals surface area contributed by atoms with Gasteiger partial charge in [0.05, 0.1) is 6.61 Å². The zero-order valence-electron chi connectivity index (χ0n) is 8.90. The molecule has 3 nitrogen and oxygen atoms in total. The number of hydrogen-bond donors (Lipinski definition) is 0. The SMILES string of the molecule is CC(=O)c1ccc(OC(C)C2CO2)cc1. The predicted octanol–water partition coefficient (Wildman–Crippen LogP) is 2.06. The van der Waals surface area contributed by atoms with E-state index in [2.05, 4.69) is 0 Å². The van der Waals surface area contributed by atoms with E-state index >= 15 is 0 Å². The molecule has 1 aromatic rings. The first-order valence-electron chi connectivity index (χ1n) is 5.06.